The van der Waals surface area contributed by atoms with E-state index in [0.29, 0.717) is 34.8 Å². The van der Waals surface area contributed by atoms with Gasteiger partial charge in [0.25, 0.3) is 11.5 Å². The van der Waals surface area contributed by atoms with Crippen LogP contribution in [0.25, 0.3) is 10.2 Å². The lowest BCUT2D eigenvalue weighted by Gasteiger charge is -2.23. The number of aryl methyl sites for hydroxylation is 3. The van der Waals surface area contributed by atoms with Crippen molar-refractivity contribution in [1.29, 1.82) is 0 Å². The summed E-state index contributed by atoms with van der Waals surface area (Å²) in [6.45, 7) is 1.67. The van der Waals surface area contributed by atoms with Crippen LogP contribution >= 0.6 is 11.3 Å². The van der Waals surface area contributed by atoms with E-state index in [1.54, 1.807) is 36.5 Å². The zero-order chi connectivity index (χ0) is 20.8. The zero-order valence-corrected chi connectivity index (χ0v) is 17.1. The highest BCUT2D eigenvalue weighted by molar-refractivity contribution is 7.18. The van der Waals surface area contributed by atoms with E-state index in [1.165, 1.54) is 4.88 Å². The number of H-pyrrole nitrogens is 1. The molecule has 5 rings (SSSR count). The van der Waals surface area contributed by atoms with Gasteiger partial charge in [-0.25, -0.2) is 4.98 Å². The number of carbonyl (C=O) groups excluding carboxylic acids is 2. The number of thiophene rings is 1. The minimum atomic E-state index is -0.547. The minimum absolute atomic E-state index is 0.116. The van der Waals surface area contributed by atoms with Gasteiger partial charge < -0.3 is 20.4 Å². The molecular weight excluding hydrogens is 404 g/mol. The molecule has 2 aliphatic rings. The first-order valence-corrected chi connectivity index (χ1v) is 10.7. The third-order valence-corrected chi connectivity index (χ3v) is 6.59. The number of nitrogens with zero attached hydrogens (tertiary/aromatic N) is 1. The molecule has 154 valence electrons. The summed E-state index contributed by atoms with van der Waals surface area (Å²) in [5.41, 5.74) is 2.11. The number of carbonyl (C=O) groups is 2. The lowest BCUT2D eigenvalue weighted by Crippen LogP contribution is -2.34. The van der Waals surface area contributed by atoms with Crippen molar-refractivity contribution in [3.8, 4) is 5.75 Å². The quantitative estimate of drug-likeness (QED) is 0.596. The number of rotatable bonds is 4. The molecule has 1 aliphatic heterocycles. The molecule has 1 atom stereocenters. The summed E-state index contributed by atoms with van der Waals surface area (Å²) in [5, 5.41) is 6.28. The molecule has 0 radical (unpaired) electrons. The summed E-state index contributed by atoms with van der Waals surface area (Å²) in [6, 6.07) is 5.10. The molecule has 3 heterocycles. The molecule has 0 spiro atoms. The normalized spacial score (nSPS) is 17.2. The highest BCUT2D eigenvalue weighted by Crippen LogP contribution is 2.34. The number of hydrogen-bond donors (Lipinski definition) is 3. The second-order valence-electron chi connectivity index (χ2n) is 7.56. The molecule has 0 fully saturated rings. The fourth-order valence-corrected chi connectivity index (χ4v) is 5.19. The largest absolute Gasteiger partial charge is 0.479 e. The molecule has 1 unspecified atom stereocenters. The lowest BCUT2D eigenvalue weighted by molar-refractivity contribution is -0.122. The smallest absolute Gasteiger partial charge is 0.265 e. The molecule has 30 heavy (non-hydrogen) atoms. The van der Waals surface area contributed by atoms with Gasteiger partial charge in [-0.15, -0.1) is 11.3 Å². The molecular formula is C21H20N4O4S. The van der Waals surface area contributed by atoms with Crippen LogP contribution in [0.2, 0.25) is 0 Å². The van der Waals surface area contributed by atoms with Crippen molar-refractivity contribution in [2.75, 3.05) is 10.6 Å². The van der Waals surface area contributed by atoms with Crippen molar-refractivity contribution in [2.24, 2.45) is 0 Å². The van der Waals surface area contributed by atoms with E-state index in [4.69, 9.17) is 4.74 Å². The topological polar surface area (TPSA) is 113 Å². The van der Waals surface area contributed by atoms with E-state index in [2.05, 4.69) is 20.6 Å². The molecule has 2 aromatic heterocycles. The Hall–Kier alpha value is -3.20. The van der Waals surface area contributed by atoms with Crippen LogP contribution in [0.3, 0.4) is 0 Å². The van der Waals surface area contributed by atoms with Crippen molar-refractivity contribution in [2.45, 2.75) is 45.1 Å². The van der Waals surface area contributed by atoms with Gasteiger partial charge in [0.05, 0.1) is 11.1 Å². The minimum Gasteiger partial charge on any atom is -0.479 e. The zero-order valence-electron chi connectivity index (χ0n) is 16.3. The van der Waals surface area contributed by atoms with Gasteiger partial charge in [-0.05, 0) is 49.9 Å². The number of ether oxygens (including phenoxy) is 1. The summed E-state index contributed by atoms with van der Waals surface area (Å²) in [4.78, 5) is 46.1. The lowest BCUT2D eigenvalue weighted by atomic mass is 10.2. The fraction of sp³-hybridized carbons (Fsp3) is 0.333. The summed E-state index contributed by atoms with van der Waals surface area (Å²) in [7, 11) is 0. The summed E-state index contributed by atoms with van der Waals surface area (Å²) in [5.74, 6) is 0.652. The monoisotopic (exact) mass is 424 g/mol. The van der Waals surface area contributed by atoms with Crippen LogP contribution < -0.4 is 20.9 Å². The van der Waals surface area contributed by atoms with E-state index in [1.807, 2.05) is 0 Å². The average Bonchev–Trinajstić information content (AvgIpc) is 3.28. The Labute approximate surface area is 175 Å². The van der Waals surface area contributed by atoms with Gasteiger partial charge in [-0.3, -0.25) is 14.4 Å². The second-order valence-corrected chi connectivity index (χ2v) is 8.64. The van der Waals surface area contributed by atoms with E-state index in [0.717, 1.165) is 29.7 Å². The number of hydrogen-bond acceptors (Lipinski definition) is 6. The molecule has 1 aromatic carbocycles. The molecule has 2 amide bonds. The van der Waals surface area contributed by atoms with Gasteiger partial charge in [0, 0.05) is 23.4 Å². The maximum absolute atomic E-state index is 12.5. The maximum Gasteiger partial charge on any atom is 0.265 e. The Bertz CT molecular complexity index is 1250. The standard InChI is InChI=1S/C21H20N4O4S/c1-10-19(27)23-13-9-11(5-6-14(13)29-10)22-17(26)8-7-16-24-20(28)18-12-3-2-4-15(12)30-21(18)25-16/h5-6,9-10H,2-4,7-8H2,1H3,(H,22,26)(H,23,27)(H,24,25,28). The Balaban J connectivity index is 1.26. The Morgan fingerprint density at radius 3 is 3.07 bits per heavy atom. The summed E-state index contributed by atoms with van der Waals surface area (Å²) >= 11 is 1.59. The number of fused-ring (bicyclic) bond motifs is 4. The van der Waals surface area contributed by atoms with Crippen LogP contribution in [0, 0.1) is 0 Å². The van der Waals surface area contributed by atoms with Crippen molar-refractivity contribution < 1.29 is 14.3 Å². The van der Waals surface area contributed by atoms with E-state index in [9.17, 15) is 14.4 Å². The highest BCUT2D eigenvalue weighted by Gasteiger charge is 2.24. The molecule has 9 heteroatoms. The average molecular weight is 424 g/mol. The molecule has 0 saturated carbocycles. The van der Waals surface area contributed by atoms with E-state index >= 15 is 0 Å². The van der Waals surface area contributed by atoms with E-state index in [-0.39, 0.29) is 23.8 Å². The first kappa shape index (κ1) is 18.8. The third kappa shape index (κ3) is 3.35. The van der Waals surface area contributed by atoms with Gasteiger partial charge >= 0.3 is 0 Å². The summed E-state index contributed by atoms with van der Waals surface area (Å²) in [6.07, 6.45) is 3.01. The molecule has 0 saturated heterocycles. The second kappa shape index (κ2) is 7.24. The van der Waals surface area contributed by atoms with Gasteiger partial charge in [0.1, 0.15) is 16.4 Å². The van der Waals surface area contributed by atoms with Gasteiger partial charge in [-0.1, -0.05) is 0 Å². The van der Waals surface area contributed by atoms with Crippen LogP contribution in [0.5, 0.6) is 5.75 Å². The Kier molecular flexibility index (Phi) is 4.54. The first-order chi connectivity index (χ1) is 14.5. The van der Waals surface area contributed by atoms with Crippen LogP contribution in [0.1, 0.15) is 36.0 Å². The van der Waals surface area contributed by atoms with Crippen LogP contribution in [-0.4, -0.2) is 27.9 Å². The van der Waals surface area contributed by atoms with Crippen molar-refractivity contribution in [1.82, 2.24) is 9.97 Å². The van der Waals surface area contributed by atoms with Crippen molar-refractivity contribution in [3.63, 3.8) is 0 Å². The SMILES string of the molecule is CC1Oc2ccc(NC(=O)CCc3nc4sc5c(c4c(=O)[nH]3)CCC5)cc2NC1=O. The number of benzene rings is 1. The fourth-order valence-electron chi connectivity index (χ4n) is 3.91. The highest BCUT2D eigenvalue weighted by atomic mass is 32.1. The molecule has 0 bridgehead atoms. The van der Waals surface area contributed by atoms with Crippen LogP contribution in [-0.2, 0) is 28.9 Å². The molecule has 8 nitrogen and oxygen atoms in total. The molecule has 3 N–H and O–H groups in total. The number of aromatic amines is 1. The molecule has 3 aromatic rings. The van der Waals surface area contributed by atoms with Crippen molar-refractivity contribution in [3.05, 3.63) is 44.8 Å². The first-order valence-electron chi connectivity index (χ1n) is 9.93. The molecule has 1 aliphatic carbocycles. The number of amides is 2. The van der Waals surface area contributed by atoms with Gasteiger partial charge in [0.2, 0.25) is 5.91 Å². The predicted octanol–water partition coefficient (Wildman–Crippen LogP) is 2.76. The maximum atomic E-state index is 12.5. The third-order valence-electron chi connectivity index (χ3n) is 5.41. The predicted molar refractivity (Wildman–Crippen MR) is 114 cm³/mol. The Morgan fingerprint density at radius 1 is 1.33 bits per heavy atom. The van der Waals surface area contributed by atoms with Gasteiger partial charge in [-0.2, -0.15) is 0 Å². The number of nitrogens with one attached hydrogen (secondary N) is 3. The Morgan fingerprint density at radius 2 is 2.20 bits per heavy atom. The van der Waals surface area contributed by atoms with Crippen LogP contribution in [0.15, 0.2) is 23.0 Å². The van der Waals surface area contributed by atoms with Crippen LogP contribution in [0.4, 0.5) is 11.4 Å². The number of aromatic nitrogens is 2. The summed E-state index contributed by atoms with van der Waals surface area (Å²) < 4.78 is 5.51. The van der Waals surface area contributed by atoms with E-state index < -0.39 is 6.10 Å². The van der Waals surface area contributed by atoms with Crippen molar-refractivity contribution >= 4 is 44.7 Å². The van der Waals surface area contributed by atoms with Gasteiger partial charge in [0.15, 0.2) is 6.10 Å². The number of anilines is 2.